The van der Waals surface area contributed by atoms with Crippen molar-refractivity contribution in [3.63, 3.8) is 0 Å². The molecule has 139 valence electrons. The van der Waals surface area contributed by atoms with Gasteiger partial charge in [-0.2, -0.15) is 28.9 Å². The van der Waals surface area contributed by atoms with E-state index in [1.54, 1.807) is 12.3 Å². The number of pyridine rings is 1. The Kier molecular flexibility index (Phi) is 6.99. The molecule has 4 rings (SSSR count). The second kappa shape index (κ2) is 9.21. The Hall–Kier alpha value is -2.82. The predicted octanol–water partition coefficient (Wildman–Crippen LogP) is 4.22. The fraction of sp³-hybridized carbons (Fsp3) is 0.0952. The Morgan fingerprint density at radius 2 is 1.78 bits per heavy atom. The van der Waals surface area contributed by atoms with Crippen molar-refractivity contribution in [2.24, 2.45) is 0 Å². The number of fused-ring (bicyclic) bond motifs is 1. The van der Waals surface area contributed by atoms with E-state index in [0.717, 1.165) is 22.0 Å². The summed E-state index contributed by atoms with van der Waals surface area (Å²) in [6.07, 6.45) is 5.40. The Labute approximate surface area is 171 Å². The largest absolute Gasteiger partial charge is 0.477 e. The van der Waals surface area contributed by atoms with Crippen LogP contribution in [0, 0.1) is 19.9 Å². The molecular formula is C21H18IrN3O2-. The molecule has 4 aromatic rings. The quantitative estimate of drug-likeness (QED) is 0.390. The van der Waals surface area contributed by atoms with Gasteiger partial charge in [0.15, 0.2) is 0 Å². The normalized spacial score (nSPS) is 9.85. The van der Waals surface area contributed by atoms with Gasteiger partial charge in [-0.1, -0.05) is 31.2 Å². The van der Waals surface area contributed by atoms with Gasteiger partial charge in [-0.05, 0) is 29.6 Å². The molecule has 0 aliphatic heterocycles. The molecule has 0 aliphatic rings. The van der Waals surface area contributed by atoms with Gasteiger partial charge in [-0.25, -0.2) is 9.78 Å². The molecule has 6 heteroatoms. The number of carboxylic acid groups (broad SMARTS) is 1. The number of benzene rings is 2. The molecule has 0 fully saturated rings. The van der Waals surface area contributed by atoms with Gasteiger partial charge in [0.1, 0.15) is 5.69 Å². The summed E-state index contributed by atoms with van der Waals surface area (Å²) < 4.78 is 1.84. The van der Waals surface area contributed by atoms with E-state index in [0.29, 0.717) is 0 Å². The molecule has 0 saturated carbocycles. The first-order valence-corrected chi connectivity index (χ1v) is 8.11. The van der Waals surface area contributed by atoms with Crippen molar-refractivity contribution in [2.45, 2.75) is 13.8 Å². The van der Waals surface area contributed by atoms with Crippen molar-refractivity contribution in [2.75, 3.05) is 0 Å². The molecule has 0 atom stereocenters. The van der Waals surface area contributed by atoms with E-state index in [-0.39, 0.29) is 25.8 Å². The molecule has 2 heterocycles. The predicted molar refractivity (Wildman–Crippen MR) is 101 cm³/mol. The smallest absolute Gasteiger partial charge is 0.354 e. The van der Waals surface area contributed by atoms with Gasteiger partial charge >= 0.3 is 5.97 Å². The van der Waals surface area contributed by atoms with Gasteiger partial charge in [0.05, 0.1) is 6.20 Å². The fourth-order valence-corrected chi connectivity index (χ4v) is 2.44. The minimum absolute atomic E-state index is 0. The molecular weight excluding hydrogens is 518 g/mol. The van der Waals surface area contributed by atoms with Crippen molar-refractivity contribution in [3.05, 3.63) is 90.0 Å². The molecule has 0 spiro atoms. The van der Waals surface area contributed by atoms with E-state index >= 15 is 0 Å². The van der Waals surface area contributed by atoms with E-state index in [1.165, 1.54) is 5.56 Å². The second-order valence-corrected chi connectivity index (χ2v) is 5.94. The van der Waals surface area contributed by atoms with Crippen LogP contribution in [-0.2, 0) is 20.1 Å². The maximum atomic E-state index is 10.6. The van der Waals surface area contributed by atoms with Crippen LogP contribution in [0.1, 0.15) is 21.6 Å². The van der Waals surface area contributed by atoms with E-state index in [4.69, 9.17) is 5.11 Å². The van der Waals surface area contributed by atoms with Gasteiger partial charge in [-0.15, -0.1) is 6.07 Å². The standard InChI is InChI=1S/C11H11N2.C10H7NO2.Ir/c1-9-4-3-5-11(6-9)13-8-10(2)7-12-13;12-10(13)9-5-7-3-1-2-4-8(7)6-11-9;/h3-4,6-8H,1-2H3;1-6H,(H,12,13);/q-1;;. The maximum absolute atomic E-state index is 10.6. The van der Waals surface area contributed by atoms with Crippen LogP contribution in [-0.4, -0.2) is 25.8 Å². The Morgan fingerprint density at radius 3 is 2.41 bits per heavy atom. The van der Waals surface area contributed by atoms with Crippen molar-refractivity contribution in [3.8, 4) is 5.69 Å². The summed E-state index contributed by atoms with van der Waals surface area (Å²) in [5, 5.41) is 14.7. The summed E-state index contributed by atoms with van der Waals surface area (Å²) in [5.74, 6) is -0.995. The third kappa shape index (κ3) is 5.33. The fourth-order valence-electron chi connectivity index (χ4n) is 2.44. The minimum Gasteiger partial charge on any atom is -0.477 e. The summed E-state index contributed by atoms with van der Waals surface area (Å²) in [6, 6.07) is 18.2. The SMILES string of the molecule is Cc1cc[c-]c(-n2cc(C)cn2)c1.O=C(O)c1cc2ccccc2cn1.[Ir]. The van der Waals surface area contributed by atoms with Gasteiger partial charge < -0.3 is 5.11 Å². The number of hydrogen-bond donors (Lipinski definition) is 1. The number of carbonyl (C=O) groups is 1. The van der Waals surface area contributed by atoms with Crippen LogP contribution in [0.5, 0.6) is 0 Å². The van der Waals surface area contributed by atoms with Crippen LogP contribution in [0.3, 0.4) is 0 Å². The first kappa shape index (κ1) is 20.5. The van der Waals surface area contributed by atoms with E-state index in [1.807, 2.05) is 60.4 Å². The van der Waals surface area contributed by atoms with Gasteiger partial charge in [-0.3, -0.25) is 4.68 Å². The minimum atomic E-state index is -0.995. The molecule has 1 N–H and O–H groups in total. The average molecular weight is 537 g/mol. The van der Waals surface area contributed by atoms with Crippen LogP contribution in [0.2, 0.25) is 0 Å². The van der Waals surface area contributed by atoms with E-state index in [2.05, 4.69) is 29.1 Å². The molecule has 0 amide bonds. The van der Waals surface area contributed by atoms with Crippen molar-refractivity contribution in [1.82, 2.24) is 14.8 Å². The molecule has 0 unspecified atom stereocenters. The summed E-state index contributed by atoms with van der Waals surface area (Å²) >= 11 is 0. The monoisotopic (exact) mass is 537 g/mol. The number of aromatic nitrogens is 3. The Bertz CT molecular complexity index is 1060. The summed E-state index contributed by atoms with van der Waals surface area (Å²) in [7, 11) is 0. The number of carboxylic acids is 1. The zero-order valence-electron chi connectivity index (χ0n) is 14.9. The average Bonchev–Trinajstić information content (AvgIpc) is 3.08. The molecule has 5 nitrogen and oxygen atoms in total. The van der Waals surface area contributed by atoms with Crippen LogP contribution < -0.4 is 0 Å². The molecule has 1 radical (unpaired) electrons. The Balaban J connectivity index is 0.000000187. The van der Waals surface area contributed by atoms with Crippen molar-refractivity contribution < 1.29 is 30.0 Å². The summed E-state index contributed by atoms with van der Waals surface area (Å²) in [5.41, 5.74) is 3.46. The third-order valence-electron chi connectivity index (χ3n) is 3.75. The first-order valence-electron chi connectivity index (χ1n) is 8.11. The molecule has 2 aromatic heterocycles. The number of hydrogen-bond acceptors (Lipinski definition) is 3. The topological polar surface area (TPSA) is 68.0 Å². The number of nitrogens with zero attached hydrogens (tertiary/aromatic N) is 3. The molecule has 27 heavy (non-hydrogen) atoms. The van der Waals surface area contributed by atoms with Gasteiger partial charge in [0.25, 0.3) is 0 Å². The maximum Gasteiger partial charge on any atom is 0.354 e. The van der Waals surface area contributed by atoms with Gasteiger partial charge in [0.2, 0.25) is 0 Å². The van der Waals surface area contributed by atoms with Crippen LogP contribution in [0.15, 0.2) is 67.1 Å². The van der Waals surface area contributed by atoms with Crippen molar-refractivity contribution >= 4 is 16.7 Å². The molecule has 0 aliphatic carbocycles. The number of aryl methyl sites for hydroxylation is 2. The molecule has 0 bridgehead atoms. The van der Waals surface area contributed by atoms with Crippen LogP contribution >= 0.6 is 0 Å². The number of aromatic carboxylic acids is 1. The van der Waals surface area contributed by atoms with Gasteiger partial charge in [0, 0.05) is 37.9 Å². The first-order chi connectivity index (χ1) is 12.5. The second-order valence-electron chi connectivity index (χ2n) is 5.94. The molecule has 0 saturated heterocycles. The van der Waals surface area contributed by atoms with Crippen LogP contribution in [0.4, 0.5) is 0 Å². The van der Waals surface area contributed by atoms with Crippen LogP contribution in [0.25, 0.3) is 16.5 Å². The third-order valence-corrected chi connectivity index (χ3v) is 3.75. The van der Waals surface area contributed by atoms with Crippen molar-refractivity contribution in [1.29, 1.82) is 0 Å². The number of rotatable bonds is 2. The van der Waals surface area contributed by atoms with E-state index in [9.17, 15) is 4.79 Å². The zero-order chi connectivity index (χ0) is 18.5. The Morgan fingerprint density at radius 1 is 1.04 bits per heavy atom. The molecule has 2 aromatic carbocycles. The van der Waals surface area contributed by atoms with E-state index < -0.39 is 5.97 Å². The summed E-state index contributed by atoms with van der Waals surface area (Å²) in [4.78, 5) is 14.4. The zero-order valence-corrected chi connectivity index (χ0v) is 17.3. The summed E-state index contributed by atoms with van der Waals surface area (Å²) in [6.45, 7) is 4.09.